The smallest absolute Gasteiger partial charge is 0.323 e. The minimum absolute atomic E-state index is 0.342. The second kappa shape index (κ2) is 11.2. The third kappa shape index (κ3) is 5.53. The van der Waals surface area contributed by atoms with Gasteiger partial charge in [0.05, 0.1) is 53.0 Å². The van der Waals surface area contributed by atoms with Crippen LogP contribution in [0.1, 0.15) is 35.3 Å². The van der Waals surface area contributed by atoms with E-state index in [0.29, 0.717) is 56.3 Å². The molecule has 0 atom stereocenters. The lowest BCUT2D eigenvalue weighted by atomic mass is 10.1. The van der Waals surface area contributed by atoms with Crippen LogP contribution in [0.3, 0.4) is 0 Å². The molecule has 0 bridgehead atoms. The molecule has 4 N–H and O–H groups in total. The van der Waals surface area contributed by atoms with Crippen LogP contribution in [-0.4, -0.2) is 32.6 Å². The van der Waals surface area contributed by atoms with Gasteiger partial charge in [-0.3, -0.25) is 4.79 Å². The highest BCUT2D eigenvalue weighted by atomic mass is 16.5. The third-order valence-corrected chi connectivity index (χ3v) is 6.43. The molecule has 11 nitrogen and oxygen atoms in total. The minimum atomic E-state index is -0.352. The number of para-hydroxylation sites is 2. The Bertz CT molecular complexity index is 1950. The van der Waals surface area contributed by atoms with Crippen molar-refractivity contribution in [2.45, 2.75) is 20.8 Å². The second-order valence-corrected chi connectivity index (χ2v) is 9.30. The first-order valence-corrected chi connectivity index (χ1v) is 12.6. The van der Waals surface area contributed by atoms with Crippen molar-refractivity contribution in [2.75, 3.05) is 17.7 Å². The molecule has 206 valence electrons. The van der Waals surface area contributed by atoms with Gasteiger partial charge in [-0.05, 0) is 63.3 Å². The van der Waals surface area contributed by atoms with Gasteiger partial charge in [0.1, 0.15) is 11.8 Å². The van der Waals surface area contributed by atoms with E-state index in [4.69, 9.17) is 9.47 Å². The first-order valence-electron chi connectivity index (χ1n) is 12.6. The largest absolute Gasteiger partial charge is 0.493 e. The van der Waals surface area contributed by atoms with E-state index in [9.17, 15) is 14.9 Å². The molecule has 0 saturated carbocycles. The second-order valence-electron chi connectivity index (χ2n) is 9.30. The number of fused-ring (bicyclic) bond motifs is 2. The molecule has 41 heavy (non-hydrogen) atoms. The van der Waals surface area contributed by atoms with Gasteiger partial charge < -0.3 is 30.1 Å². The molecule has 0 aliphatic carbocycles. The lowest BCUT2D eigenvalue weighted by molar-refractivity contribution is 0.102. The fraction of sp³-hybridized carbons (Fsp3) is 0.133. The van der Waals surface area contributed by atoms with E-state index >= 15 is 0 Å². The summed E-state index contributed by atoms with van der Waals surface area (Å²) < 4.78 is 12.9. The number of carbonyl (C=O) groups excluding carboxylic acids is 1. The van der Waals surface area contributed by atoms with Crippen LogP contribution in [0.2, 0.25) is 0 Å². The first kappa shape index (κ1) is 26.8. The standard InChI is InChI=1S/C30H27N7O4/c1-17(9-10-18(2)41-26-8-6-5-7-25(26)40-4)33-27-21(14-31)15-32-37-16-24(19(3)28(27)37)34-29(38)20-11-12-22-23(13-20)36-30(39)35-22/h5-13,15-16,33H,1-4H3,(H,34,38)(H2,35,36,39)/b17-9+,18-10+. The number of nitrogens with one attached hydrogen (secondary N) is 4. The quantitative estimate of drug-likeness (QED) is 0.153. The number of allylic oxidation sites excluding steroid dienone is 4. The van der Waals surface area contributed by atoms with Crippen LogP contribution in [0.4, 0.5) is 11.4 Å². The Morgan fingerprint density at radius 1 is 1.07 bits per heavy atom. The van der Waals surface area contributed by atoms with Gasteiger partial charge in [-0.25, -0.2) is 9.31 Å². The number of nitrogens with zero attached hydrogens (tertiary/aromatic N) is 3. The zero-order chi connectivity index (χ0) is 29.1. The van der Waals surface area contributed by atoms with Crippen molar-refractivity contribution in [3.63, 3.8) is 0 Å². The molecule has 0 fully saturated rings. The van der Waals surface area contributed by atoms with Crippen molar-refractivity contribution >= 4 is 33.8 Å². The first-order chi connectivity index (χ1) is 19.8. The number of carbonyl (C=O) groups is 1. The number of aromatic amines is 2. The van der Waals surface area contributed by atoms with Gasteiger partial charge >= 0.3 is 5.69 Å². The molecule has 5 aromatic rings. The highest BCUT2D eigenvalue weighted by molar-refractivity contribution is 6.07. The topological polar surface area (TPSA) is 149 Å². The zero-order valence-electron chi connectivity index (χ0n) is 22.8. The van der Waals surface area contributed by atoms with Crippen LogP contribution in [0.15, 0.2) is 83.3 Å². The van der Waals surface area contributed by atoms with Crippen LogP contribution in [-0.2, 0) is 0 Å². The van der Waals surface area contributed by atoms with Crippen molar-refractivity contribution in [3.8, 4) is 17.6 Å². The number of anilines is 2. The van der Waals surface area contributed by atoms with Crippen LogP contribution >= 0.6 is 0 Å². The Kier molecular flexibility index (Phi) is 7.30. The van der Waals surface area contributed by atoms with Gasteiger partial charge in [-0.1, -0.05) is 12.1 Å². The summed E-state index contributed by atoms with van der Waals surface area (Å²) in [4.78, 5) is 29.9. The lowest BCUT2D eigenvalue weighted by Crippen LogP contribution is -2.12. The summed E-state index contributed by atoms with van der Waals surface area (Å²) in [5, 5.41) is 20.4. The molecular formula is C30H27N7O4. The maximum absolute atomic E-state index is 13.1. The summed E-state index contributed by atoms with van der Waals surface area (Å²) in [7, 11) is 1.59. The number of hydrogen-bond acceptors (Lipinski definition) is 7. The van der Waals surface area contributed by atoms with Crippen LogP contribution in [0.25, 0.3) is 16.6 Å². The van der Waals surface area contributed by atoms with Gasteiger partial charge in [0, 0.05) is 16.8 Å². The maximum Gasteiger partial charge on any atom is 0.323 e. The lowest BCUT2D eigenvalue weighted by Gasteiger charge is -2.12. The number of H-pyrrole nitrogens is 2. The number of aromatic nitrogens is 4. The Balaban J connectivity index is 1.41. The van der Waals surface area contributed by atoms with Gasteiger partial charge in [-0.15, -0.1) is 0 Å². The van der Waals surface area contributed by atoms with Crippen LogP contribution in [0, 0.1) is 18.3 Å². The van der Waals surface area contributed by atoms with Crippen molar-refractivity contribution in [2.24, 2.45) is 0 Å². The van der Waals surface area contributed by atoms with Crippen molar-refractivity contribution in [3.05, 3.63) is 106 Å². The molecule has 3 heterocycles. The van der Waals surface area contributed by atoms with E-state index < -0.39 is 0 Å². The van der Waals surface area contributed by atoms with E-state index in [2.05, 4.69) is 31.8 Å². The van der Waals surface area contributed by atoms with Gasteiger partial charge in [0.2, 0.25) is 0 Å². The van der Waals surface area contributed by atoms with E-state index in [1.165, 1.54) is 6.20 Å². The highest BCUT2D eigenvalue weighted by Gasteiger charge is 2.18. The normalized spacial score (nSPS) is 11.9. The zero-order valence-corrected chi connectivity index (χ0v) is 22.8. The van der Waals surface area contributed by atoms with Crippen molar-refractivity contribution < 1.29 is 14.3 Å². The molecule has 0 aliphatic rings. The Hall–Kier alpha value is -5.76. The van der Waals surface area contributed by atoms with Crippen LogP contribution in [0.5, 0.6) is 11.5 Å². The van der Waals surface area contributed by atoms with Crippen LogP contribution < -0.4 is 25.8 Å². The average molecular weight is 550 g/mol. The molecule has 11 heteroatoms. The van der Waals surface area contributed by atoms with Gasteiger partial charge in [0.25, 0.3) is 5.91 Å². The highest BCUT2D eigenvalue weighted by Crippen LogP contribution is 2.32. The van der Waals surface area contributed by atoms with Crippen molar-refractivity contribution in [1.82, 2.24) is 19.6 Å². The number of nitriles is 1. The van der Waals surface area contributed by atoms with E-state index in [-0.39, 0.29) is 11.6 Å². The maximum atomic E-state index is 13.1. The summed E-state index contributed by atoms with van der Waals surface area (Å²) in [5.41, 5.74) is 4.73. The molecule has 0 unspecified atom stereocenters. The summed E-state index contributed by atoms with van der Waals surface area (Å²) in [6.45, 7) is 5.54. The Labute approximate surface area is 234 Å². The Morgan fingerprint density at radius 3 is 2.59 bits per heavy atom. The fourth-order valence-corrected chi connectivity index (χ4v) is 4.39. The summed E-state index contributed by atoms with van der Waals surface area (Å²) in [5.74, 6) is 1.52. The predicted molar refractivity (Wildman–Crippen MR) is 156 cm³/mol. The Morgan fingerprint density at radius 2 is 1.83 bits per heavy atom. The van der Waals surface area contributed by atoms with Crippen molar-refractivity contribution in [1.29, 1.82) is 5.26 Å². The number of ether oxygens (including phenoxy) is 2. The summed E-state index contributed by atoms with van der Waals surface area (Å²) in [6.07, 6.45) is 6.81. The molecule has 5 rings (SSSR count). The molecule has 0 radical (unpaired) electrons. The monoisotopic (exact) mass is 549 g/mol. The number of benzene rings is 2. The van der Waals surface area contributed by atoms with Gasteiger partial charge in [0.15, 0.2) is 11.5 Å². The molecule has 0 aliphatic heterocycles. The molecule has 0 saturated heterocycles. The van der Waals surface area contributed by atoms with Gasteiger partial charge in [-0.2, -0.15) is 10.4 Å². The fourth-order valence-electron chi connectivity index (χ4n) is 4.39. The number of aryl methyl sites for hydroxylation is 1. The SMILES string of the molecule is COc1ccccc1O/C(C)=C/C=C(\C)Nc1c(C#N)cnn2cc(NC(=O)c3ccc4[nH]c(=O)[nH]c4c3)c(C)c12. The number of hydrogen-bond donors (Lipinski definition) is 4. The summed E-state index contributed by atoms with van der Waals surface area (Å²) in [6, 6.07) is 14.5. The summed E-state index contributed by atoms with van der Waals surface area (Å²) >= 11 is 0. The number of rotatable bonds is 8. The predicted octanol–water partition coefficient (Wildman–Crippen LogP) is 5.24. The number of amides is 1. The molecule has 1 amide bonds. The average Bonchev–Trinajstić information content (AvgIpc) is 3.50. The number of imidazole rings is 1. The number of methoxy groups -OCH3 is 1. The van der Waals surface area contributed by atoms with E-state index in [1.807, 2.05) is 57.2 Å². The third-order valence-electron chi connectivity index (χ3n) is 6.43. The molecule has 3 aromatic heterocycles. The minimum Gasteiger partial charge on any atom is -0.493 e. The van der Waals surface area contributed by atoms with E-state index in [0.717, 1.165) is 11.3 Å². The molecular weight excluding hydrogens is 522 g/mol. The molecule has 0 spiro atoms. The van der Waals surface area contributed by atoms with E-state index in [1.54, 1.807) is 36.0 Å². The molecule has 2 aromatic carbocycles.